The molecule has 0 aliphatic carbocycles. The topological polar surface area (TPSA) is 55.6 Å². The molecule has 0 aliphatic rings. The van der Waals surface area contributed by atoms with Gasteiger partial charge in [-0.3, -0.25) is 9.67 Å². The van der Waals surface area contributed by atoms with Crippen LogP contribution in [0.3, 0.4) is 0 Å². The molecule has 2 aromatic heterocycles. The van der Waals surface area contributed by atoms with Crippen LogP contribution in [0.15, 0.2) is 24.5 Å². The van der Waals surface area contributed by atoms with E-state index in [-0.39, 0.29) is 0 Å². The summed E-state index contributed by atoms with van der Waals surface area (Å²) in [5, 5.41) is 11.2. The molecule has 5 nitrogen and oxygen atoms in total. The molecule has 0 saturated heterocycles. The standard InChI is InChI=1S/C12H17N5/c1-3-10-5-4-6-14-12(10)8-13-7-11-9-17(2)16-15-11/h4-6,9,13H,3,7-8H2,1-2H3. The summed E-state index contributed by atoms with van der Waals surface area (Å²) < 4.78 is 1.70. The third kappa shape index (κ3) is 3.10. The first-order valence-corrected chi connectivity index (χ1v) is 5.78. The molecular weight excluding hydrogens is 214 g/mol. The maximum absolute atomic E-state index is 4.38. The van der Waals surface area contributed by atoms with E-state index in [9.17, 15) is 0 Å². The second-order valence-corrected chi connectivity index (χ2v) is 3.95. The Balaban J connectivity index is 1.89. The fourth-order valence-electron chi connectivity index (χ4n) is 1.74. The van der Waals surface area contributed by atoms with E-state index in [1.54, 1.807) is 4.68 Å². The molecule has 0 bridgehead atoms. The molecule has 2 rings (SSSR count). The van der Waals surface area contributed by atoms with Gasteiger partial charge < -0.3 is 5.32 Å². The molecule has 1 N–H and O–H groups in total. The first-order valence-electron chi connectivity index (χ1n) is 5.78. The van der Waals surface area contributed by atoms with Crippen molar-refractivity contribution in [3.8, 4) is 0 Å². The van der Waals surface area contributed by atoms with Gasteiger partial charge in [0.25, 0.3) is 0 Å². The summed E-state index contributed by atoms with van der Waals surface area (Å²) in [6.45, 7) is 3.62. The lowest BCUT2D eigenvalue weighted by Crippen LogP contribution is -2.15. The van der Waals surface area contributed by atoms with Gasteiger partial charge in [-0.25, -0.2) is 0 Å². The van der Waals surface area contributed by atoms with E-state index in [4.69, 9.17) is 0 Å². The van der Waals surface area contributed by atoms with Crippen LogP contribution in [0.1, 0.15) is 23.9 Å². The van der Waals surface area contributed by atoms with Crippen LogP contribution in [0.5, 0.6) is 0 Å². The number of hydrogen-bond donors (Lipinski definition) is 1. The molecule has 90 valence electrons. The first kappa shape index (κ1) is 11.7. The van der Waals surface area contributed by atoms with Gasteiger partial charge in [0.15, 0.2) is 0 Å². The molecule has 0 spiro atoms. The zero-order chi connectivity index (χ0) is 12.1. The summed E-state index contributed by atoms with van der Waals surface area (Å²) in [6.07, 6.45) is 4.75. The zero-order valence-electron chi connectivity index (χ0n) is 10.2. The van der Waals surface area contributed by atoms with Crippen LogP contribution in [0.4, 0.5) is 0 Å². The van der Waals surface area contributed by atoms with Crippen LogP contribution in [-0.4, -0.2) is 20.0 Å². The van der Waals surface area contributed by atoms with Crippen LogP contribution >= 0.6 is 0 Å². The van der Waals surface area contributed by atoms with E-state index < -0.39 is 0 Å². The SMILES string of the molecule is CCc1cccnc1CNCc1cn(C)nn1. The lowest BCUT2D eigenvalue weighted by Gasteiger charge is -2.06. The molecule has 0 amide bonds. The Kier molecular flexibility index (Phi) is 3.82. The Hall–Kier alpha value is -1.75. The Bertz CT molecular complexity index is 477. The normalized spacial score (nSPS) is 10.7. The van der Waals surface area contributed by atoms with E-state index in [0.29, 0.717) is 6.54 Å². The number of nitrogens with zero attached hydrogens (tertiary/aromatic N) is 4. The quantitative estimate of drug-likeness (QED) is 0.836. The van der Waals surface area contributed by atoms with Gasteiger partial charge in [-0.05, 0) is 18.1 Å². The molecule has 0 atom stereocenters. The van der Waals surface area contributed by atoms with Crippen molar-refractivity contribution in [2.75, 3.05) is 0 Å². The van der Waals surface area contributed by atoms with Crippen molar-refractivity contribution in [3.05, 3.63) is 41.5 Å². The van der Waals surface area contributed by atoms with Gasteiger partial charge in [0, 0.05) is 32.5 Å². The number of rotatable bonds is 5. The Morgan fingerprint density at radius 2 is 2.24 bits per heavy atom. The highest BCUT2D eigenvalue weighted by molar-refractivity contribution is 5.19. The lowest BCUT2D eigenvalue weighted by atomic mass is 10.1. The van der Waals surface area contributed by atoms with E-state index in [2.05, 4.69) is 33.6 Å². The number of aromatic nitrogens is 4. The van der Waals surface area contributed by atoms with Crippen LogP contribution in [0.2, 0.25) is 0 Å². The molecule has 17 heavy (non-hydrogen) atoms. The molecule has 2 aromatic rings. The summed E-state index contributed by atoms with van der Waals surface area (Å²) in [7, 11) is 1.87. The van der Waals surface area contributed by atoms with Gasteiger partial charge in [-0.1, -0.05) is 18.2 Å². The van der Waals surface area contributed by atoms with E-state index in [1.165, 1.54) is 5.56 Å². The summed E-state index contributed by atoms with van der Waals surface area (Å²) in [5.74, 6) is 0. The number of aryl methyl sites for hydroxylation is 2. The number of hydrogen-bond acceptors (Lipinski definition) is 4. The van der Waals surface area contributed by atoms with Gasteiger partial charge in [-0.2, -0.15) is 0 Å². The van der Waals surface area contributed by atoms with Gasteiger partial charge in [0.05, 0.1) is 11.4 Å². The molecule has 0 radical (unpaired) electrons. The van der Waals surface area contributed by atoms with Crippen LogP contribution in [0, 0.1) is 0 Å². The van der Waals surface area contributed by atoms with Crippen molar-refractivity contribution in [2.24, 2.45) is 7.05 Å². The lowest BCUT2D eigenvalue weighted by molar-refractivity contribution is 0.658. The maximum Gasteiger partial charge on any atom is 0.0964 e. The smallest absolute Gasteiger partial charge is 0.0964 e. The van der Waals surface area contributed by atoms with Crippen LogP contribution in [-0.2, 0) is 26.6 Å². The van der Waals surface area contributed by atoms with Gasteiger partial charge in [0.1, 0.15) is 0 Å². The minimum Gasteiger partial charge on any atom is -0.305 e. The second-order valence-electron chi connectivity index (χ2n) is 3.95. The molecule has 0 aliphatic heterocycles. The molecule has 0 aromatic carbocycles. The molecule has 5 heteroatoms. The van der Waals surface area contributed by atoms with E-state index >= 15 is 0 Å². The summed E-state index contributed by atoms with van der Waals surface area (Å²) in [4.78, 5) is 4.38. The Morgan fingerprint density at radius 1 is 1.35 bits per heavy atom. The fourth-order valence-corrected chi connectivity index (χ4v) is 1.74. The Labute approximate surface area is 101 Å². The monoisotopic (exact) mass is 231 g/mol. The zero-order valence-corrected chi connectivity index (χ0v) is 10.2. The summed E-state index contributed by atoms with van der Waals surface area (Å²) >= 11 is 0. The third-order valence-corrected chi connectivity index (χ3v) is 2.61. The van der Waals surface area contributed by atoms with Crippen molar-refractivity contribution >= 4 is 0 Å². The number of nitrogens with one attached hydrogen (secondary N) is 1. The van der Waals surface area contributed by atoms with Gasteiger partial charge in [-0.15, -0.1) is 5.10 Å². The van der Waals surface area contributed by atoms with Crippen LogP contribution in [0.25, 0.3) is 0 Å². The molecule has 0 fully saturated rings. The summed E-state index contributed by atoms with van der Waals surface area (Å²) in [6, 6.07) is 4.09. The molecule has 2 heterocycles. The predicted molar refractivity (Wildman–Crippen MR) is 65.2 cm³/mol. The minimum absolute atomic E-state index is 0.716. The first-order chi connectivity index (χ1) is 8.29. The average Bonchev–Trinajstić information content (AvgIpc) is 2.76. The fraction of sp³-hybridized carbons (Fsp3) is 0.417. The predicted octanol–water partition coefficient (Wildman–Crippen LogP) is 1.06. The second kappa shape index (κ2) is 5.54. The maximum atomic E-state index is 4.38. The average molecular weight is 231 g/mol. The Morgan fingerprint density at radius 3 is 2.94 bits per heavy atom. The highest BCUT2D eigenvalue weighted by Gasteiger charge is 2.02. The molecule has 0 unspecified atom stereocenters. The number of pyridine rings is 1. The van der Waals surface area contributed by atoms with Gasteiger partial charge in [0.2, 0.25) is 0 Å². The third-order valence-electron chi connectivity index (χ3n) is 2.61. The van der Waals surface area contributed by atoms with Crippen molar-refractivity contribution in [1.82, 2.24) is 25.3 Å². The highest BCUT2D eigenvalue weighted by Crippen LogP contribution is 2.05. The van der Waals surface area contributed by atoms with Crippen molar-refractivity contribution in [3.63, 3.8) is 0 Å². The van der Waals surface area contributed by atoms with E-state index in [1.807, 2.05) is 25.5 Å². The molecular formula is C12H17N5. The van der Waals surface area contributed by atoms with Gasteiger partial charge >= 0.3 is 0 Å². The van der Waals surface area contributed by atoms with Crippen LogP contribution < -0.4 is 5.32 Å². The van der Waals surface area contributed by atoms with Crippen molar-refractivity contribution < 1.29 is 0 Å². The largest absolute Gasteiger partial charge is 0.305 e. The summed E-state index contributed by atoms with van der Waals surface area (Å²) in [5.41, 5.74) is 3.35. The van der Waals surface area contributed by atoms with Crippen molar-refractivity contribution in [2.45, 2.75) is 26.4 Å². The van der Waals surface area contributed by atoms with Crippen molar-refractivity contribution in [1.29, 1.82) is 0 Å². The minimum atomic E-state index is 0.716. The molecule has 0 saturated carbocycles. The van der Waals surface area contributed by atoms with E-state index in [0.717, 1.165) is 24.4 Å². The highest BCUT2D eigenvalue weighted by atomic mass is 15.4.